The van der Waals surface area contributed by atoms with Crippen molar-refractivity contribution >= 4 is 28.6 Å². The minimum absolute atomic E-state index is 0.127. The standard InChI is InChI=1S/C15H17N5O4.C6H6/c1-7-10-17-11-12(18(10)5)9(20(22)23)8-16-13(11)19(6)14(21)24-15(2,3)4;1-2-4-6-5-3-1/h1,8H,2-6H3;1-6H. The fraction of sp³-hybridized carbons (Fsp3) is 0.286. The Morgan fingerprint density at radius 2 is 1.77 bits per heavy atom. The summed E-state index contributed by atoms with van der Waals surface area (Å²) in [4.78, 5) is 32.2. The van der Waals surface area contributed by atoms with Gasteiger partial charge in [-0.05, 0) is 26.7 Å². The van der Waals surface area contributed by atoms with Gasteiger partial charge < -0.3 is 9.30 Å². The zero-order valence-electron chi connectivity index (χ0n) is 17.5. The number of anilines is 1. The van der Waals surface area contributed by atoms with Gasteiger partial charge in [0.1, 0.15) is 17.3 Å². The summed E-state index contributed by atoms with van der Waals surface area (Å²) in [6, 6.07) is 12.0. The largest absolute Gasteiger partial charge is 0.443 e. The van der Waals surface area contributed by atoms with Crippen LogP contribution in [0, 0.1) is 22.5 Å². The van der Waals surface area contributed by atoms with Crippen LogP contribution in [0.4, 0.5) is 16.3 Å². The maximum atomic E-state index is 12.2. The van der Waals surface area contributed by atoms with E-state index in [1.807, 2.05) is 36.4 Å². The molecular weight excluding hydrogens is 386 g/mol. The number of carbonyl (C=O) groups is 1. The van der Waals surface area contributed by atoms with E-state index < -0.39 is 16.6 Å². The van der Waals surface area contributed by atoms with Gasteiger partial charge in [-0.15, -0.1) is 6.42 Å². The Hall–Kier alpha value is -3.93. The Bertz CT molecular complexity index is 1070. The zero-order valence-corrected chi connectivity index (χ0v) is 17.5. The molecule has 0 aliphatic carbocycles. The fourth-order valence-electron chi connectivity index (χ4n) is 2.50. The average Bonchev–Trinajstić information content (AvgIpc) is 3.04. The number of benzene rings is 1. The Balaban J connectivity index is 0.000000456. The molecule has 2 heterocycles. The number of ether oxygens (including phenoxy) is 1. The molecule has 0 aliphatic heterocycles. The Morgan fingerprint density at radius 1 is 1.23 bits per heavy atom. The summed E-state index contributed by atoms with van der Waals surface area (Å²) in [5.74, 6) is 2.67. The van der Waals surface area contributed by atoms with E-state index in [0.29, 0.717) is 0 Å². The van der Waals surface area contributed by atoms with Gasteiger partial charge in [0.2, 0.25) is 0 Å². The Morgan fingerprint density at radius 3 is 2.20 bits per heavy atom. The number of hydrogen-bond acceptors (Lipinski definition) is 6. The number of pyridine rings is 1. The van der Waals surface area contributed by atoms with Crippen LogP contribution in [0.5, 0.6) is 0 Å². The molecule has 30 heavy (non-hydrogen) atoms. The van der Waals surface area contributed by atoms with Crippen LogP contribution in [-0.4, -0.2) is 38.2 Å². The smallest absolute Gasteiger partial charge is 0.415 e. The summed E-state index contributed by atoms with van der Waals surface area (Å²) in [6.07, 6.45) is 5.80. The van der Waals surface area contributed by atoms with Crippen molar-refractivity contribution in [1.82, 2.24) is 14.5 Å². The molecule has 0 saturated heterocycles. The number of aryl methyl sites for hydroxylation is 1. The number of imidazole rings is 1. The van der Waals surface area contributed by atoms with Crippen LogP contribution in [0.15, 0.2) is 42.6 Å². The number of amides is 1. The second-order valence-electron chi connectivity index (χ2n) is 7.25. The Kier molecular flexibility index (Phi) is 6.74. The van der Waals surface area contributed by atoms with Crippen LogP contribution in [0.2, 0.25) is 0 Å². The predicted molar refractivity (Wildman–Crippen MR) is 114 cm³/mol. The van der Waals surface area contributed by atoms with E-state index in [4.69, 9.17) is 11.2 Å². The fourth-order valence-corrected chi connectivity index (χ4v) is 2.50. The van der Waals surface area contributed by atoms with Gasteiger partial charge in [0, 0.05) is 14.1 Å². The molecule has 9 nitrogen and oxygen atoms in total. The lowest BCUT2D eigenvalue weighted by Gasteiger charge is -2.24. The molecule has 9 heteroatoms. The lowest BCUT2D eigenvalue weighted by Crippen LogP contribution is -2.34. The minimum atomic E-state index is -0.695. The third-order valence-corrected chi connectivity index (χ3v) is 3.84. The molecule has 0 N–H and O–H groups in total. The second-order valence-corrected chi connectivity index (χ2v) is 7.25. The molecule has 3 rings (SSSR count). The van der Waals surface area contributed by atoms with E-state index in [9.17, 15) is 14.9 Å². The molecule has 1 amide bonds. The maximum Gasteiger partial charge on any atom is 0.415 e. The van der Waals surface area contributed by atoms with Gasteiger partial charge in [-0.1, -0.05) is 36.4 Å². The molecule has 0 bridgehead atoms. The molecule has 0 saturated carbocycles. The molecule has 0 spiro atoms. The summed E-state index contributed by atoms with van der Waals surface area (Å²) in [5, 5.41) is 11.2. The number of aromatic nitrogens is 3. The number of nitrogens with zero attached hydrogens (tertiary/aromatic N) is 5. The van der Waals surface area contributed by atoms with E-state index in [1.54, 1.807) is 27.8 Å². The van der Waals surface area contributed by atoms with Crippen LogP contribution < -0.4 is 4.90 Å². The molecule has 2 aromatic heterocycles. The van der Waals surface area contributed by atoms with Gasteiger partial charge in [-0.3, -0.25) is 15.0 Å². The van der Waals surface area contributed by atoms with Gasteiger partial charge >= 0.3 is 11.8 Å². The molecule has 0 aliphatic rings. The highest BCUT2D eigenvalue weighted by Crippen LogP contribution is 2.31. The minimum Gasteiger partial charge on any atom is -0.443 e. The number of terminal acetylenes is 1. The first-order valence-electron chi connectivity index (χ1n) is 9.00. The number of carbonyl (C=O) groups excluding carboxylic acids is 1. The molecule has 1 aromatic carbocycles. The number of hydrogen-bond donors (Lipinski definition) is 0. The first-order valence-corrected chi connectivity index (χ1v) is 9.00. The van der Waals surface area contributed by atoms with Crippen molar-refractivity contribution in [3.8, 4) is 12.3 Å². The van der Waals surface area contributed by atoms with E-state index in [1.165, 1.54) is 11.6 Å². The van der Waals surface area contributed by atoms with Crippen LogP contribution in [0.25, 0.3) is 11.0 Å². The van der Waals surface area contributed by atoms with Crippen LogP contribution in [-0.2, 0) is 11.8 Å². The van der Waals surface area contributed by atoms with Gasteiger partial charge in [-0.25, -0.2) is 14.8 Å². The van der Waals surface area contributed by atoms with Gasteiger partial charge in [0.15, 0.2) is 17.2 Å². The SMILES string of the molecule is C#Cc1nc2c(N(C)C(=O)OC(C)(C)C)ncc([N+](=O)[O-])c2n1C.c1ccccc1. The molecule has 0 fully saturated rings. The van der Waals surface area contributed by atoms with Crippen LogP contribution in [0.3, 0.4) is 0 Å². The number of fused-ring (bicyclic) bond motifs is 1. The second kappa shape index (κ2) is 9.05. The molecule has 3 aromatic rings. The predicted octanol–water partition coefficient (Wildman–Crippen LogP) is 3.92. The number of rotatable bonds is 2. The lowest BCUT2D eigenvalue weighted by molar-refractivity contribution is -0.383. The van der Waals surface area contributed by atoms with E-state index in [0.717, 1.165) is 11.1 Å². The van der Waals surface area contributed by atoms with E-state index in [2.05, 4.69) is 15.9 Å². The first-order chi connectivity index (χ1) is 14.1. The van der Waals surface area contributed by atoms with Crippen molar-refractivity contribution in [2.75, 3.05) is 11.9 Å². The quantitative estimate of drug-likeness (QED) is 0.361. The lowest BCUT2D eigenvalue weighted by atomic mass is 10.2. The molecule has 0 unspecified atom stereocenters. The van der Waals surface area contributed by atoms with Crippen molar-refractivity contribution in [1.29, 1.82) is 0 Å². The van der Waals surface area contributed by atoms with Crippen molar-refractivity contribution in [3.05, 3.63) is 58.5 Å². The molecular formula is C21H23N5O4. The molecule has 156 valence electrons. The molecule has 0 radical (unpaired) electrons. The van der Waals surface area contributed by atoms with Gasteiger partial charge in [0.05, 0.1) is 4.92 Å². The summed E-state index contributed by atoms with van der Waals surface area (Å²) < 4.78 is 6.70. The highest BCUT2D eigenvalue weighted by molar-refractivity contribution is 5.99. The van der Waals surface area contributed by atoms with E-state index in [-0.39, 0.29) is 28.4 Å². The number of nitro groups is 1. The van der Waals surface area contributed by atoms with Crippen LogP contribution >= 0.6 is 0 Å². The van der Waals surface area contributed by atoms with Gasteiger partial charge in [0.25, 0.3) is 0 Å². The zero-order chi connectivity index (χ0) is 22.5. The molecule has 0 atom stereocenters. The third kappa shape index (κ3) is 5.11. The van der Waals surface area contributed by atoms with Crippen molar-refractivity contribution in [2.45, 2.75) is 26.4 Å². The highest BCUT2D eigenvalue weighted by Gasteiger charge is 2.28. The topological polar surface area (TPSA) is 103 Å². The van der Waals surface area contributed by atoms with Crippen molar-refractivity contribution in [2.24, 2.45) is 7.05 Å². The third-order valence-electron chi connectivity index (χ3n) is 3.84. The van der Waals surface area contributed by atoms with Gasteiger partial charge in [-0.2, -0.15) is 0 Å². The normalized spacial score (nSPS) is 10.5. The van der Waals surface area contributed by atoms with Crippen LogP contribution in [0.1, 0.15) is 26.6 Å². The van der Waals surface area contributed by atoms with E-state index >= 15 is 0 Å². The average molecular weight is 409 g/mol. The summed E-state index contributed by atoms with van der Waals surface area (Å²) >= 11 is 0. The van der Waals surface area contributed by atoms with Crippen molar-refractivity contribution < 1.29 is 14.5 Å². The van der Waals surface area contributed by atoms with Crippen molar-refractivity contribution in [3.63, 3.8) is 0 Å². The Labute approximate surface area is 174 Å². The highest BCUT2D eigenvalue weighted by atomic mass is 16.6. The monoisotopic (exact) mass is 409 g/mol. The maximum absolute atomic E-state index is 12.2. The summed E-state index contributed by atoms with van der Waals surface area (Å²) in [6.45, 7) is 5.19. The summed E-state index contributed by atoms with van der Waals surface area (Å²) in [5.41, 5.74) is -0.594. The first kappa shape index (κ1) is 22.4. The summed E-state index contributed by atoms with van der Waals surface area (Å²) in [7, 11) is 3.01.